The summed E-state index contributed by atoms with van der Waals surface area (Å²) in [5.41, 5.74) is -1.87. The molecule has 1 saturated carbocycles. The number of alkyl halides is 3. The molecule has 1 aromatic carbocycles. The SMILES string of the molecule is COC(=O)N(C[C@@H]1CCCN1)C1(c2ccc(F)c(C(F)(F)F)c2)CC1. The number of carbonyl (C=O) groups excluding carboxylic acids is 1. The Kier molecular flexibility index (Phi) is 4.66. The van der Waals surface area contributed by atoms with Gasteiger partial charge in [-0.2, -0.15) is 13.2 Å². The maximum atomic E-state index is 13.6. The van der Waals surface area contributed by atoms with E-state index < -0.39 is 29.2 Å². The van der Waals surface area contributed by atoms with Gasteiger partial charge in [-0.1, -0.05) is 6.07 Å². The number of amides is 1. The van der Waals surface area contributed by atoms with Gasteiger partial charge in [0.2, 0.25) is 0 Å². The molecule has 1 amide bonds. The van der Waals surface area contributed by atoms with E-state index in [2.05, 4.69) is 5.32 Å². The largest absolute Gasteiger partial charge is 0.453 e. The van der Waals surface area contributed by atoms with Crippen LogP contribution in [0.15, 0.2) is 18.2 Å². The van der Waals surface area contributed by atoms with Gasteiger partial charge in [0.05, 0.1) is 18.2 Å². The van der Waals surface area contributed by atoms with Crippen molar-refractivity contribution in [2.75, 3.05) is 20.2 Å². The number of nitrogens with one attached hydrogen (secondary N) is 1. The molecule has 0 spiro atoms. The second-order valence-corrected chi connectivity index (χ2v) is 6.60. The molecular formula is C17H20F4N2O2. The fraction of sp³-hybridized carbons (Fsp3) is 0.588. The van der Waals surface area contributed by atoms with E-state index in [-0.39, 0.29) is 6.04 Å². The van der Waals surface area contributed by atoms with Crippen LogP contribution in [0.4, 0.5) is 22.4 Å². The van der Waals surface area contributed by atoms with Crippen molar-refractivity contribution in [1.29, 1.82) is 0 Å². The Hall–Kier alpha value is -1.83. The quantitative estimate of drug-likeness (QED) is 0.834. The molecule has 8 heteroatoms. The van der Waals surface area contributed by atoms with E-state index in [0.717, 1.165) is 31.5 Å². The summed E-state index contributed by atoms with van der Waals surface area (Å²) >= 11 is 0. The first-order valence-electron chi connectivity index (χ1n) is 8.24. The summed E-state index contributed by atoms with van der Waals surface area (Å²) in [4.78, 5) is 13.8. The fourth-order valence-electron chi connectivity index (χ4n) is 3.53. The molecular weight excluding hydrogens is 340 g/mol. The number of halogens is 4. The van der Waals surface area contributed by atoms with Crippen LogP contribution in [-0.4, -0.2) is 37.2 Å². The zero-order valence-corrected chi connectivity index (χ0v) is 13.8. The molecule has 1 aliphatic heterocycles. The van der Waals surface area contributed by atoms with Gasteiger partial charge < -0.3 is 10.1 Å². The first-order chi connectivity index (χ1) is 11.8. The molecule has 0 bridgehead atoms. The van der Waals surface area contributed by atoms with E-state index in [1.165, 1.54) is 18.1 Å². The number of ether oxygens (including phenoxy) is 1. The van der Waals surface area contributed by atoms with E-state index in [1.54, 1.807) is 0 Å². The van der Waals surface area contributed by atoms with Crippen LogP contribution < -0.4 is 5.32 Å². The lowest BCUT2D eigenvalue weighted by Crippen LogP contribution is -2.47. The van der Waals surface area contributed by atoms with Gasteiger partial charge in [0.25, 0.3) is 0 Å². The first-order valence-corrected chi connectivity index (χ1v) is 8.24. The summed E-state index contributed by atoms with van der Waals surface area (Å²) < 4.78 is 57.6. The highest BCUT2D eigenvalue weighted by atomic mass is 19.4. The Labute approximate surface area is 143 Å². The molecule has 25 heavy (non-hydrogen) atoms. The molecule has 1 heterocycles. The van der Waals surface area contributed by atoms with Crippen molar-refractivity contribution in [1.82, 2.24) is 10.2 Å². The predicted molar refractivity (Wildman–Crippen MR) is 82.4 cm³/mol. The summed E-state index contributed by atoms with van der Waals surface area (Å²) in [5.74, 6) is -1.31. The van der Waals surface area contributed by atoms with Gasteiger partial charge in [-0.3, -0.25) is 4.90 Å². The standard InChI is InChI=1S/C17H20F4N2O2/c1-25-15(24)23(10-12-3-2-8-22-12)16(6-7-16)11-4-5-14(18)13(9-11)17(19,20)21/h4-5,9,12,22H,2-3,6-8,10H2,1H3/t12-/m0/s1. The van der Waals surface area contributed by atoms with Gasteiger partial charge in [-0.05, 0) is 49.9 Å². The van der Waals surface area contributed by atoms with Crippen molar-refractivity contribution >= 4 is 6.09 Å². The summed E-state index contributed by atoms with van der Waals surface area (Å²) in [7, 11) is 1.25. The number of methoxy groups -OCH3 is 1. The summed E-state index contributed by atoms with van der Waals surface area (Å²) in [6, 6.07) is 3.05. The minimum Gasteiger partial charge on any atom is -0.453 e. The molecule has 1 saturated heterocycles. The Bertz CT molecular complexity index is 653. The topological polar surface area (TPSA) is 41.6 Å². The van der Waals surface area contributed by atoms with E-state index in [1.807, 2.05) is 0 Å². The third-order valence-electron chi connectivity index (χ3n) is 5.01. The molecule has 1 aromatic rings. The fourth-order valence-corrected chi connectivity index (χ4v) is 3.53. The van der Waals surface area contributed by atoms with Crippen LogP contribution in [0.25, 0.3) is 0 Å². The highest BCUT2D eigenvalue weighted by Crippen LogP contribution is 2.52. The lowest BCUT2D eigenvalue weighted by molar-refractivity contribution is -0.140. The zero-order valence-electron chi connectivity index (χ0n) is 13.8. The molecule has 138 valence electrons. The van der Waals surface area contributed by atoms with Gasteiger partial charge in [0.1, 0.15) is 5.82 Å². The Morgan fingerprint density at radius 3 is 2.64 bits per heavy atom. The van der Waals surface area contributed by atoms with Crippen LogP contribution in [0.3, 0.4) is 0 Å². The van der Waals surface area contributed by atoms with Crippen molar-refractivity contribution in [2.45, 2.75) is 43.4 Å². The zero-order chi connectivity index (χ0) is 18.2. The maximum Gasteiger partial charge on any atom is 0.419 e. The third kappa shape index (κ3) is 3.44. The normalized spacial score (nSPS) is 21.9. The molecule has 0 radical (unpaired) electrons. The van der Waals surface area contributed by atoms with Crippen molar-refractivity contribution in [2.24, 2.45) is 0 Å². The molecule has 1 aliphatic carbocycles. The minimum absolute atomic E-state index is 0.0825. The number of carbonyl (C=O) groups is 1. The third-order valence-corrected chi connectivity index (χ3v) is 5.01. The molecule has 4 nitrogen and oxygen atoms in total. The average molecular weight is 360 g/mol. The number of benzene rings is 1. The predicted octanol–water partition coefficient (Wildman–Crippen LogP) is 3.65. The highest BCUT2D eigenvalue weighted by molar-refractivity contribution is 5.70. The van der Waals surface area contributed by atoms with Crippen molar-refractivity contribution in [3.63, 3.8) is 0 Å². The van der Waals surface area contributed by atoms with Crippen molar-refractivity contribution in [3.05, 3.63) is 35.1 Å². The smallest absolute Gasteiger partial charge is 0.419 e. The Balaban J connectivity index is 1.94. The second-order valence-electron chi connectivity index (χ2n) is 6.60. The van der Waals surface area contributed by atoms with Gasteiger partial charge in [-0.25, -0.2) is 9.18 Å². The van der Waals surface area contributed by atoms with Crippen LogP contribution in [0.1, 0.15) is 36.8 Å². The second kappa shape index (κ2) is 6.48. The molecule has 2 fully saturated rings. The molecule has 0 unspecified atom stereocenters. The number of hydrogen-bond donors (Lipinski definition) is 1. The summed E-state index contributed by atoms with van der Waals surface area (Å²) in [6.07, 6.45) is -2.43. The summed E-state index contributed by atoms with van der Waals surface area (Å²) in [6.45, 7) is 1.20. The minimum atomic E-state index is -4.78. The number of nitrogens with zero attached hydrogens (tertiary/aromatic N) is 1. The van der Waals surface area contributed by atoms with E-state index in [0.29, 0.717) is 24.9 Å². The lowest BCUT2D eigenvalue weighted by atomic mass is 9.99. The van der Waals surface area contributed by atoms with Crippen LogP contribution in [0.5, 0.6) is 0 Å². The van der Waals surface area contributed by atoms with Crippen molar-refractivity contribution < 1.29 is 27.1 Å². The van der Waals surface area contributed by atoms with Crippen molar-refractivity contribution in [3.8, 4) is 0 Å². The lowest BCUT2D eigenvalue weighted by Gasteiger charge is -2.33. The van der Waals surface area contributed by atoms with Crippen LogP contribution >= 0.6 is 0 Å². The van der Waals surface area contributed by atoms with Crippen LogP contribution in [-0.2, 0) is 16.5 Å². The van der Waals surface area contributed by atoms with Gasteiger partial charge >= 0.3 is 12.3 Å². The molecule has 2 aliphatic rings. The maximum absolute atomic E-state index is 13.6. The Morgan fingerprint density at radius 1 is 1.40 bits per heavy atom. The number of hydrogen-bond acceptors (Lipinski definition) is 3. The molecule has 3 rings (SSSR count). The van der Waals surface area contributed by atoms with Gasteiger partial charge in [0.15, 0.2) is 0 Å². The van der Waals surface area contributed by atoms with Gasteiger partial charge in [0, 0.05) is 12.6 Å². The van der Waals surface area contributed by atoms with Crippen LogP contribution in [0, 0.1) is 5.82 Å². The molecule has 1 N–H and O–H groups in total. The highest BCUT2D eigenvalue weighted by Gasteiger charge is 2.53. The first kappa shape index (κ1) is 18.0. The molecule has 0 aromatic heterocycles. The summed E-state index contributed by atoms with van der Waals surface area (Å²) in [5, 5.41) is 3.27. The van der Waals surface area contributed by atoms with E-state index in [9.17, 15) is 22.4 Å². The van der Waals surface area contributed by atoms with E-state index in [4.69, 9.17) is 4.74 Å². The van der Waals surface area contributed by atoms with E-state index >= 15 is 0 Å². The number of rotatable bonds is 4. The van der Waals surface area contributed by atoms with Gasteiger partial charge in [-0.15, -0.1) is 0 Å². The Morgan fingerprint density at radius 2 is 2.12 bits per heavy atom. The monoisotopic (exact) mass is 360 g/mol. The molecule has 1 atom stereocenters. The van der Waals surface area contributed by atoms with Crippen LogP contribution in [0.2, 0.25) is 0 Å². The average Bonchev–Trinajstić information content (AvgIpc) is 3.19.